The molecule has 0 bridgehead atoms. The number of methoxy groups -OCH3 is 1. The first kappa shape index (κ1) is 18.1. The van der Waals surface area contributed by atoms with Crippen LogP contribution in [-0.4, -0.2) is 61.2 Å². The Labute approximate surface area is 136 Å². The molecule has 0 amide bonds. The number of aliphatic hydroxyl groups is 2. The lowest BCUT2D eigenvalue weighted by Crippen LogP contribution is -2.60. The maximum atomic E-state index is 10.4. The summed E-state index contributed by atoms with van der Waals surface area (Å²) >= 11 is 0. The van der Waals surface area contributed by atoms with Crippen LogP contribution >= 0.6 is 0 Å². The highest BCUT2D eigenvalue weighted by atomic mass is 16.7. The van der Waals surface area contributed by atoms with E-state index in [9.17, 15) is 10.2 Å². The third-order valence-corrected chi connectivity index (χ3v) is 3.72. The molecule has 0 aromatic heterocycles. The SMILES string of the molecule is C=CCO[C@@H]1[C@@H](O)[C@@H](CO)O[C@@H](OC)[C@H]1OCc1ccccc1. The predicted molar refractivity (Wildman–Crippen MR) is 83.7 cm³/mol. The third kappa shape index (κ3) is 4.60. The van der Waals surface area contributed by atoms with Crippen molar-refractivity contribution < 1.29 is 29.2 Å². The molecule has 128 valence electrons. The molecule has 1 aliphatic heterocycles. The monoisotopic (exact) mass is 324 g/mol. The van der Waals surface area contributed by atoms with Gasteiger partial charge in [-0.1, -0.05) is 36.4 Å². The highest BCUT2D eigenvalue weighted by Gasteiger charge is 2.46. The summed E-state index contributed by atoms with van der Waals surface area (Å²) in [6.45, 7) is 3.86. The number of hydrogen-bond acceptors (Lipinski definition) is 6. The summed E-state index contributed by atoms with van der Waals surface area (Å²) in [5, 5.41) is 19.7. The van der Waals surface area contributed by atoms with Crippen molar-refractivity contribution in [2.24, 2.45) is 0 Å². The van der Waals surface area contributed by atoms with Gasteiger partial charge in [-0.15, -0.1) is 6.58 Å². The second-order valence-electron chi connectivity index (χ2n) is 5.30. The number of ether oxygens (including phenoxy) is 4. The Kier molecular flexibility index (Phi) is 7.16. The summed E-state index contributed by atoms with van der Waals surface area (Å²) in [6.07, 6.45) is -2.27. The maximum absolute atomic E-state index is 10.4. The van der Waals surface area contributed by atoms with Crippen LogP contribution in [0.15, 0.2) is 43.0 Å². The van der Waals surface area contributed by atoms with Crippen LogP contribution in [0.2, 0.25) is 0 Å². The Bertz CT molecular complexity index is 465. The van der Waals surface area contributed by atoms with E-state index in [2.05, 4.69) is 6.58 Å². The van der Waals surface area contributed by atoms with E-state index in [1.165, 1.54) is 7.11 Å². The number of benzene rings is 1. The fourth-order valence-corrected chi connectivity index (χ4v) is 2.54. The molecule has 2 rings (SSSR count). The van der Waals surface area contributed by atoms with Gasteiger partial charge in [0.2, 0.25) is 0 Å². The molecule has 2 N–H and O–H groups in total. The Morgan fingerprint density at radius 2 is 1.96 bits per heavy atom. The lowest BCUT2D eigenvalue weighted by molar-refractivity contribution is -0.311. The summed E-state index contributed by atoms with van der Waals surface area (Å²) in [6, 6.07) is 9.66. The van der Waals surface area contributed by atoms with Crippen LogP contribution in [0.25, 0.3) is 0 Å². The van der Waals surface area contributed by atoms with Crippen molar-refractivity contribution in [1.82, 2.24) is 0 Å². The summed E-state index contributed by atoms with van der Waals surface area (Å²) < 4.78 is 22.4. The van der Waals surface area contributed by atoms with Gasteiger partial charge in [-0.25, -0.2) is 0 Å². The standard InChI is InChI=1S/C17H24O6/c1-3-9-21-15-14(19)13(10-18)23-17(20-2)16(15)22-11-12-7-5-4-6-8-12/h3-8,13-19H,1,9-11H2,2H3/t13-,14+,15-,16+,17-/m1/s1. The molecule has 23 heavy (non-hydrogen) atoms. The second kappa shape index (κ2) is 9.12. The van der Waals surface area contributed by atoms with Crippen LogP contribution in [-0.2, 0) is 25.6 Å². The Morgan fingerprint density at radius 1 is 1.22 bits per heavy atom. The fourth-order valence-electron chi connectivity index (χ4n) is 2.54. The molecule has 1 aromatic carbocycles. The highest BCUT2D eigenvalue weighted by Crippen LogP contribution is 2.27. The topological polar surface area (TPSA) is 77.4 Å². The summed E-state index contributed by atoms with van der Waals surface area (Å²) in [5.74, 6) is 0. The third-order valence-electron chi connectivity index (χ3n) is 3.72. The Morgan fingerprint density at radius 3 is 2.57 bits per heavy atom. The molecule has 0 spiro atoms. The Balaban J connectivity index is 2.10. The van der Waals surface area contributed by atoms with E-state index in [1.54, 1.807) is 6.08 Å². The van der Waals surface area contributed by atoms with E-state index in [4.69, 9.17) is 18.9 Å². The van der Waals surface area contributed by atoms with Gasteiger partial charge in [0.1, 0.15) is 24.4 Å². The number of aliphatic hydroxyl groups excluding tert-OH is 2. The molecular formula is C17H24O6. The molecule has 0 radical (unpaired) electrons. The van der Waals surface area contributed by atoms with Crippen LogP contribution in [0.1, 0.15) is 5.56 Å². The van der Waals surface area contributed by atoms with Gasteiger partial charge < -0.3 is 29.2 Å². The molecule has 1 heterocycles. The van der Waals surface area contributed by atoms with Crippen LogP contribution < -0.4 is 0 Å². The molecule has 0 saturated carbocycles. The van der Waals surface area contributed by atoms with Crippen molar-refractivity contribution in [2.45, 2.75) is 37.3 Å². The first-order valence-corrected chi connectivity index (χ1v) is 7.56. The average molecular weight is 324 g/mol. The average Bonchev–Trinajstić information content (AvgIpc) is 2.60. The molecule has 6 heteroatoms. The zero-order chi connectivity index (χ0) is 16.7. The summed E-state index contributed by atoms with van der Waals surface area (Å²) in [5.41, 5.74) is 0.989. The van der Waals surface area contributed by atoms with Gasteiger partial charge >= 0.3 is 0 Å². The fraction of sp³-hybridized carbons (Fsp3) is 0.529. The van der Waals surface area contributed by atoms with Crippen molar-refractivity contribution in [3.8, 4) is 0 Å². The first-order valence-electron chi connectivity index (χ1n) is 7.56. The largest absolute Gasteiger partial charge is 0.394 e. The van der Waals surface area contributed by atoms with Gasteiger partial charge in [0.05, 0.1) is 19.8 Å². The predicted octanol–water partition coefficient (Wildman–Crippen LogP) is 0.867. The van der Waals surface area contributed by atoms with Gasteiger partial charge in [0, 0.05) is 7.11 Å². The van der Waals surface area contributed by atoms with Crippen molar-refractivity contribution in [1.29, 1.82) is 0 Å². The van der Waals surface area contributed by atoms with Crippen molar-refractivity contribution in [3.63, 3.8) is 0 Å². The van der Waals surface area contributed by atoms with E-state index >= 15 is 0 Å². The van der Waals surface area contributed by atoms with Gasteiger partial charge in [0.25, 0.3) is 0 Å². The summed E-state index contributed by atoms with van der Waals surface area (Å²) in [7, 11) is 1.49. The molecule has 1 aromatic rings. The number of rotatable bonds is 8. The quantitative estimate of drug-likeness (QED) is 0.691. The van der Waals surface area contributed by atoms with Crippen LogP contribution in [0.3, 0.4) is 0 Å². The Hall–Kier alpha value is -1.28. The zero-order valence-corrected chi connectivity index (χ0v) is 13.2. The summed E-state index contributed by atoms with van der Waals surface area (Å²) in [4.78, 5) is 0. The van der Waals surface area contributed by atoms with E-state index in [0.717, 1.165) is 5.56 Å². The molecular weight excluding hydrogens is 300 g/mol. The molecule has 1 fully saturated rings. The molecule has 6 nitrogen and oxygen atoms in total. The minimum Gasteiger partial charge on any atom is -0.394 e. The zero-order valence-electron chi connectivity index (χ0n) is 13.2. The van der Waals surface area contributed by atoms with E-state index < -0.39 is 30.7 Å². The smallest absolute Gasteiger partial charge is 0.186 e. The van der Waals surface area contributed by atoms with Crippen LogP contribution in [0, 0.1) is 0 Å². The lowest BCUT2D eigenvalue weighted by Gasteiger charge is -2.43. The second-order valence-corrected chi connectivity index (χ2v) is 5.30. The van der Waals surface area contributed by atoms with Crippen molar-refractivity contribution >= 4 is 0 Å². The van der Waals surface area contributed by atoms with Crippen molar-refractivity contribution in [3.05, 3.63) is 48.6 Å². The van der Waals surface area contributed by atoms with Gasteiger partial charge in [-0.05, 0) is 5.56 Å². The van der Waals surface area contributed by atoms with Crippen LogP contribution in [0.4, 0.5) is 0 Å². The van der Waals surface area contributed by atoms with Crippen LogP contribution in [0.5, 0.6) is 0 Å². The molecule has 5 atom stereocenters. The van der Waals surface area contributed by atoms with Crippen molar-refractivity contribution in [2.75, 3.05) is 20.3 Å². The lowest BCUT2D eigenvalue weighted by atomic mass is 9.98. The first-order chi connectivity index (χ1) is 11.2. The maximum Gasteiger partial charge on any atom is 0.186 e. The van der Waals surface area contributed by atoms with Gasteiger partial charge in [-0.2, -0.15) is 0 Å². The minimum absolute atomic E-state index is 0.251. The molecule has 1 aliphatic rings. The van der Waals surface area contributed by atoms with E-state index in [-0.39, 0.29) is 13.2 Å². The van der Waals surface area contributed by atoms with E-state index in [1.807, 2.05) is 30.3 Å². The highest BCUT2D eigenvalue weighted by molar-refractivity contribution is 5.13. The number of hydrogen-bond donors (Lipinski definition) is 2. The molecule has 0 aliphatic carbocycles. The molecule has 1 saturated heterocycles. The van der Waals surface area contributed by atoms with E-state index in [0.29, 0.717) is 6.61 Å². The molecule has 0 unspecified atom stereocenters. The van der Waals surface area contributed by atoms with Gasteiger partial charge in [-0.3, -0.25) is 0 Å². The van der Waals surface area contributed by atoms with Gasteiger partial charge in [0.15, 0.2) is 6.29 Å². The normalized spacial score (nSPS) is 31.0. The minimum atomic E-state index is -1.02.